The molecule has 1 rings (SSSR count). The van der Waals surface area contributed by atoms with E-state index in [2.05, 4.69) is 65.1 Å². The molecule has 1 aromatic rings. The predicted octanol–water partition coefficient (Wildman–Crippen LogP) is 2.83. The lowest BCUT2D eigenvalue weighted by molar-refractivity contribution is -0.121. The van der Waals surface area contributed by atoms with Crippen molar-refractivity contribution in [2.45, 2.75) is 105 Å². The molecular weight excluding hydrogens is 510 g/mol. The van der Waals surface area contributed by atoms with Crippen LogP contribution in [0, 0.1) is 11.8 Å². The Morgan fingerprint density at radius 3 is 1.98 bits per heavy atom. The zero-order valence-electron chi connectivity index (χ0n) is 25.6. The van der Waals surface area contributed by atoms with E-state index in [-0.39, 0.29) is 5.91 Å². The summed E-state index contributed by atoms with van der Waals surface area (Å²) in [5, 5.41) is 15.6. The van der Waals surface area contributed by atoms with Gasteiger partial charge in [0, 0.05) is 51.2 Å². The Balaban J connectivity index is 2.07. The molecule has 0 fully saturated rings. The van der Waals surface area contributed by atoms with E-state index in [0.717, 1.165) is 44.9 Å². The fourth-order valence-corrected chi connectivity index (χ4v) is 4.27. The van der Waals surface area contributed by atoms with Crippen LogP contribution in [-0.2, 0) is 4.79 Å². The Kier molecular flexibility index (Phi) is 17.9. The number of amides is 3. The summed E-state index contributed by atoms with van der Waals surface area (Å²) < 4.78 is 0. The number of nitrogens with one attached hydrogen (secondary N) is 7. The van der Waals surface area contributed by atoms with Crippen molar-refractivity contribution in [3.05, 3.63) is 20.4 Å². The van der Waals surface area contributed by atoms with Crippen LogP contribution in [0.3, 0.4) is 0 Å². The molecule has 0 aliphatic carbocycles. The van der Waals surface area contributed by atoms with Gasteiger partial charge in [0.05, 0.1) is 0 Å². The van der Waals surface area contributed by atoms with Crippen LogP contribution in [0.5, 0.6) is 0 Å². The molecule has 11 nitrogen and oxygen atoms in total. The van der Waals surface area contributed by atoms with Crippen LogP contribution >= 0.6 is 0 Å². The second-order valence-electron chi connectivity index (χ2n) is 11.6. The average Bonchev–Trinajstić information content (AvgIpc) is 2.90. The van der Waals surface area contributed by atoms with Crippen LogP contribution in [0.2, 0.25) is 0 Å². The minimum absolute atomic E-state index is 0.228. The van der Waals surface area contributed by atoms with E-state index in [4.69, 9.17) is 0 Å². The first-order valence-corrected chi connectivity index (χ1v) is 15.1. The Morgan fingerprint density at radius 2 is 1.32 bits per heavy atom. The number of urea groups is 1. The zero-order valence-corrected chi connectivity index (χ0v) is 25.6. The number of carbonyl (C=O) groups excluding carboxylic acids is 2. The van der Waals surface area contributed by atoms with Gasteiger partial charge < -0.3 is 26.6 Å². The highest BCUT2D eigenvalue weighted by atomic mass is 16.2. The van der Waals surface area contributed by atoms with Gasteiger partial charge in [-0.05, 0) is 50.9 Å². The van der Waals surface area contributed by atoms with Gasteiger partial charge in [0.25, 0.3) is 10.9 Å². The Bertz CT molecular complexity index is 928. The maximum absolute atomic E-state index is 11.9. The molecule has 11 heteroatoms. The van der Waals surface area contributed by atoms with Gasteiger partial charge in [-0.1, -0.05) is 47.5 Å². The van der Waals surface area contributed by atoms with Crippen molar-refractivity contribution in [1.82, 2.24) is 26.8 Å². The van der Waals surface area contributed by atoms with E-state index in [0.29, 0.717) is 74.4 Å². The monoisotopic (exact) mass is 565 g/mol. The summed E-state index contributed by atoms with van der Waals surface area (Å²) in [5.41, 5.74) is 4.79. The summed E-state index contributed by atoms with van der Waals surface area (Å²) in [6.07, 6.45) is 7.52. The topological polar surface area (TPSA) is 152 Å². The van der Waals surface area contributed by atoms with Gasteiger partial charge in [0.15, 0.2) is 0 Å². The third kappa shape index (κ3) is 15.8. The largest absolute Gasteiger partial charge is 0.380 e. The highest BCUT2D eigenvalue weighted by Gasteiger charge is 2.20. The molecule has 0 spiro atoms. The van der Waals surface area contributed by atoms with Crippen LogP contribution in [0.15, 0.2) is 9.59 Å². The van der Waals surface area contributed by atoms with Crippen molar-refractivity contribution in [2.75, 3.05) is 43.4 Å². The lowest BCUT2D eigenvalue weighted by Crippen LogP contribution is -2.47. The molecule has 0 saturated heterocycles. The number of hydrazine groups is 1. The van der Waals surface area contributed by atoms with E-state index in [1.165, 1.54) is 0 Å². The smallest absolute Gasteiger partial charge is 0.333 e. The molecule has 2 unspecified atom stereocenters. The highest BCUT2D eigenvalue weighted by molar-refractivity contribution is 5.81. The van der Waals surface area contributed by atoms with Crippen LogP contribution < -0.4 is 48.3 Å². The lowest BCUT2D eigenvalue weighted by Gasteiger charge is -2.18. The van der Waals surface area contributed by atoms with Gasteiger partial charge in [0.2, 0.25) is 5.91 Å². The number of carbonyl (C=O) groups is 2. The van der Waals surface area contributed by atoms with E-state index >= 15 is 0 Å². The van der Waals surface area contributed by atoms with E-state index in [9.17, 15) is 19.2 Å². The second-order valence-corrected chi connectivity index (χ2v) is 11.6. The van der Waals surface area contributed by atoms with Crippen molar-refractivity contribution in [1.29, 1.82) is 0 Å². The quantitative estimate of drug-likeness (QED) is 0.0644. The maximum atomic E-state index is 11.9. The lowest BCUT2D eigenvalue weighted by atomic mass is 9.96. The first kappa shape index (κ1) is 35.4. The Labute approximate surface area is 240 Å². The standard InChI is InChI=1S/C29H55N7O4/c1-20(2)10-9-16-32-25-26(28(39)27(25)38)33-19-18-31-23(6)13-12-22(5)11-7-8-15-34-29(40)36-35-24(37)14-17-30-21(3)4/h20-23,30-33H,7-19H2,1-6H3,(H,35,37)(H2,34,36,40). The Morgan fingerprint density at radius 1 is 0.650 bits per heavy atom. The predicted molar refractivity (Wildman–Crippen MR) is 165 cm³/mol. The third-order valence-corrected chi connectivity index (χ3v) is 6.81. The molecular formula is C29H55N7O4. The summed E-state index contributed by atoms with van der Waals surface area (Å²) in [6.45, 7) is 15.9. The van der Waals surface area contributed by atoms with E-state index in [1.807, 2.05) is 13.8 Å². The molecule has 3 amide bonds. The van der Waals surface area contributed by atoms with Gasteiger partial charge >= 0.3 is 6.03 Å². The van der Waals surface area contributed by atoms with Crippen LogP contribution in [-0.4, -0.2) is 56.7 Å². The summed E-state index contributed by atoms with van der Waals surface area (Å²) >= 11 is 0. The molecule has 0 aliphatic heterocycles. The van der Waals surface area contributed by atoms with Gasteiger partial charge in [-0.15, -0.1) is 0 Å². The molecule has 0 saturated carbocycles. The minimum atomic E-state index is -0.430. The molecule has 0 heterocycles. The average molecular weight is 566 g/mol. The molecule has 40 heavy (non-hydrogen) atoms. The van der Waals surface area contributed by atoms with Crippen LogP contribution in [0.4, 0.5) is 16.2 Å². The second kappa shape index (κ2) is 20.3. The fraction of sp³-hybridized carbons (Fsp3) is 0.793. The summed E-state index contributed by atoms with van der Waals surface area (Å²) in [4.78, 5) is 47.2. The number of unbranched alkanes of at least 4 members (excludes halogenated alkanes) is 1. The molecule has 2 atom stereocenters. The van der Waals surface area contributed by atoms with Gasteiger partial charge in [-0.25, -0.2) is 10.2 Å². The molecule has 0 radical (unpaired) electrons. The van der Waals surface area contributed by atoms with Crippen molar-refractivity contribution >= 4 is 23.3 Å². The van der Waals surface area contributed by atoms with Gasteiger partial charge in [0.1, 0.15) is 11.4 Å². The first-order valence-electron chi connectivity index (χ1n) is 15.1. The van der Waals surface area contributed by atoms with Gasteiger partial charge in [-0.2, -0.15) is 0 Å². The van der Waals surface area contributed by atoms with E-state index < -0.39 is 16.9 Å². The maximum Gasteiger partial charge on any atom is 0.333 e. The Hall–Kier alpha value is -2.66. The van der Waals surface area contributed by atoms with Gasteiger partial charge in [-0.3, -0.25) is 19.8 Å². The summed E-state index contributed by atoms with van der Waals surface area (Å²) in [5.74, 6) is 0.979. The SMILES string of the molecule is CC(C)CCCNc1c(NCCNC(C)CCC(C)CCCCNC(=O)NNC(=O)CCNC(C)C)c(=O)c1=O. The summed E-state index contributed by atoms with van der Waals surface area (Å²) in [7, 11) is 0. The normalized spacial score (nSPS) is 12.9. The molecule has 0 bridgehead atoms. The third-order valence-electron chi connectivity index (χ3n) is 6.81. The first-order chi connectivity index (χ1) is 19.0. The van der Waals surface area contributed by atoms with E-state index in [1.54, 1.807) is 0 Å². The number of anilines is 2. The number of rotatable bonds is 22. The molecule has 230 valence electrons. The summed E-state index contributed by atoms with van der Waals surface area (Å²) in [6, 6.07) is 0.275. The minimum Gasteiger partial charge on any atom is -0.380 e. The molecule has 0 aliphatic rings. The number of hydrogen-bond acceptors (Lipinski definition) is 8. The van der Waals surface area contributed by atoms with Crippen LogP contribution in [0.1, 0.15) is 92.9 Å². The fourth-order valence-electron chi connectivity index (χ4n) is 4.27. The van der Waals surface area contributed by atoms with Crippen molar-refractivity contribution in [3.63, 3.8) is 0 Å². The molecule has 0 aromatic heterocycles. The molecule has 1 aromatic carbocycles. The zero-order chi connectivity index (χ0) is 29.9. The number of hydrogen-bond donors (Lipinski definition) is 7. The molecule has 7 N–H and O–H groups in total. The van der Waals surface area contributed by atoms with Crippen molar-refractivity contribution in [2.24, 2.45) is 11.8 Å². The van der Waals surface area contributed by atoms with Crippen LogP contribution in [0.25, 0.3) is 0 Å². The highest BCUT2D eigenvalue weighted by Crippen LogP contribution is 2.16. The van der Waals surface area contributed by atoms with Crippen molar-refractivity contribution < 1.29 is 9.59 Å². The van der Waals surface area contributed by atoms with Crippen molar-refractivity contribution in [3.8, 4) is 0 Å².